The van der Waals surface area contributed by atoms with Gasteiger partial charge in [-0.2, -0.15) is 5.26 Å². The first-order valence-electron chi connectivity index (χ1n) is 6.97. The van der Waals surface area contributed by atoms with Crippen LogP contribution in [0.3, 0.4) is 0 Å². The fourth-order valence-corrected chi connectivity index (χ4v) is 2.34. The summed E-state index contributed by atoms with van der Waals surface area (Å²) in [6, 6.07) is 20.0. The summed E-state index contributed by atoms with van der Waals surface area (Å²) in [4.78, 5) is 0. The van der Waals surface area contributed by atoms with Gasteiger partial charge in [-0.15, -0.1) is 0 Å². The minimum absolute atomic E-state index is 0.114. The van der Waals surface area contributed by atoms with Crippen LogP contribution in [0.2, 0.25) is 0 Å². The molecule has 3 nitrogen and oxygen atoms in total. The van der Waals surface area contributed by atoms with Crippen molar-refractivity contribution in [2.45, 2.75) is 19.5 Å². The summed E-state index contributed by atoms with van der Waals surface area (Å²) < 4.78 is 5.85. The average Bonchev–Trinajstić information content (AvgIpc) is 2.97. The maximum atomic E-state index is 8.91. The number of para-hydroxylation sites is 1. The molecule has 0 amide bonds. The van der Waals surface area contributed by atoms with Crippen molar-refractivity contribution >= 4 is 11.0 Å². The van der Waals surface area contributed by atoms with Gasteiger partial charge >= 0.3 is 0 Å². The lowest BCUT2D eigenvalue weighted by molar-refractivity contribution is 0.451. The summed E-state index contributed by atoms with van der Waals surface area (Å²) in [5.74, 6) is 0.924. The normalized spacial score (nSPS) is 12.2. The van der Waals surface area contributed by atoms with E-state index in [9.17, 15) is 0 Å². The highest BCUT2D eigenvalue weighted by Gasteiger charge is 2.10. The van der Waals surface area contributed by atoms with Crippen LogP contribution in [0.5, 0.6) is 0 Å². The first-order chi connectivity index (χ1) is 10.3. The second kappa shape index (κ2) is 5.82. The van der Waals surface area contributed by atoms with Gasteiger partial charge < -0.3 is 9.73 Å². The van der Waals surface area contributed by atoms with E-state index >= 15 is 0 Å². The first kappa shape index (κ1) is 13.4. The Labute approximate surface area is 123 Å². The monoisotopic (exact) mass is 276 g/mol. The number of hydrogen-bond acceptors (Lipinski definition) is 3. The smallest absolute Gasteiger partial charge is 0.134 e. The highest BCUT2D eigenvalue weighted by atomic mass is 16.3. The van der Waals surface area contributed by atoms with Crippen molar-refractivity contribution in [2.24, 2.45) is 0 Å². The number of nitrogens with one attached hydrogen (secondary N) is 1. The van der Waals surface area contributed by atoms with E-state index in [4.69, 9.17) is 9.68 Å². The number of benzene rings is 2. The molecular formula is C18H16N2O. The van der Waals surface area contributed by atoms with Gasteiger partial charge in [0.05, 0.1) is 17.7 Å². The van der Waals surface area contributed by atoms with Crippen molar-refractivity contribution in [3.63, 3.8) is 0 Å². The lowest BCUT2D eigenvalue weighted by Crippen LogP contribution is -2.17. The molecule has 0 aliphatic heterocycles. The van der Waals surface area contributed by atoms with Gasteiger partial charge in [0.25, 0.3) is 0 Å². The van der Waals surface area contributed by atoms with E-state index in [0.29, 0.717) is 12.1 Å². The second-order valence-electron chi connectivity index (χ2n) is 5.10. The maximum Gasteiger partial charge on any atom is 0.134 e. The van der Waals surface area contributed by atoms with Crippen molar-refractivity contribution in [2.75, 3.05) is 0 Å². The zero-order chi connectivity index (χ0) is 14.7. The highest BCUT2D eigenvalue weighted by Crippen LogP contribution is 2.23. The van der Waals surface area contributed by atoms with Crippen LogP contribution in [0.25, 0.3) is 11.0 Å². The Morgan fingerprint density at radius 1 is 1.14 bits per heavy atom. The average molecular weight is 276 g/mol. The third-order valence-corrected chi connectivity index (χ3v) is 3.54. The molecule has 1 N–H and O–H groups in total. The molecule has 3 aromatic rings. The van der Waals surface area contributed by atoms with Gasteiger partial charge in [-0.25, -0.2) is 0 Å². The third kappa shape index (κ3) is 2.96. The van der Waals surface area contributed by atoms with Crippen molar-refractivity contribution in [3.8, 4) is 6.07 Å². The quantitative estimate of drug-likeness (QED) is 0.778. The van der Waals surface area contributed by atoms with Crippen LogP contribution in [0, 0.1) is 11.3 Å². The molecule has 0 saturated carbocycles. The van der Waals surface area contributed by atoms with Gasteiger partial charge in [0.15, 0.2) is 0 Å². The Balaban J connectivity index is 1.71. The van der Waals surface area contributed by atoms with E-state index in [0.717, 1.165) is 22.3 Å². The lowest BCUT2D eigenvalue weighted by Gasteiger charge is -2.11. The van der Waals surface area contributed by atoms with Gasteiger partial charge in [0.1, 0.15) is 11.3 Å². The fraction of sp³-hybridized carbons (Fsp3) is 0.167. The number of furan rings is 1. The fourth-order valence-electron chi connectivity index (χ4n) is 2.34. The van der Waals surface area contributed by atoms with Crippen LogP contribution >= 0.6 is 0 Å². The Kier molecular flexibility index (Phi) is 3.72. The Morgan fingerprint density at radius 2 is 2.00 bits per heavy atom. The summed E-state index contributed by atoms with van der Waals surface area (Å²) in [7, 11) is 0. The predicted molar refractivity (Wildman–Crippen MR) is 82.6 cm³/mol. The zero-order valence-corrected chi connectivity index (χ0v) is 11.8. The minimum Gasteiger partial charge on any atom is -0.459 e. The predicted octanol–water partition coefficient (Wildman–Crippen LogP) is 4.16. The van der Waals surface area contributed by atoms with Gasteiger partial charge in [0.2, 0.25) is 0 Å². The molecule has 0 fully saturated rings. The Hall–Kier alpha value is -2.57. The highest BCUT2D eigenvalue weighted by molar-refractivity contribution is 5.77. The SMILES string of the molecule is C[C@H](NCc1cccc(C#N)c1)c1cc2ccccc2o1. The molecule has 21 heavy (non-hydrogen) atoms. The van der Waals surface area contributed by atoms with Crippen molar-refractivity contribution < 1.29 is 4.42 Å². The summed E-state index contributed by atoms with van der Waals surface area (Å²) >= 11 is 0. The van der Waals surface area contributed by atoms with E-state index in [1.807, 2.05) is 48.5 Å². The molecule has 3 heteroatoms. The molecule has 104 valence electrons. The Morgan fingerprint density at radius 3 is 2.81 bits per heavy atom. The molecule has 0 radical (unpaired) electrons. The number of fused-ring (bicyclic) bond motifs is 1. The summed E-state index contributed by atoms with van der Waals surface area (Å²) in [6.45, 7) is 2.78. The molecule has 0 saturated heterocycles. The van der Waals surface area contributed by atoms with Crippen LogP contribution < -0.4 is 5.32 Å². The van der Waals surface area contributed by atoms with E-state index < -0.39 is 0 Å². The number of hydrogen-bond donors (Lipinski definition) is 1. The summed E-state index contributed by atoms with van der Waals surface area (Å²) in [5, 5.41) is 13.5. The summed E-state index contributed by atoms with van der Waals surface area (Å²) in [6.07, 6.45) is 0. The summed E-state index contributed by atoms with van der Waals surface area (Å²) in [5.41, 5.74) is 2.69. The van der Waals surface area contributed by atoms with Gasteiger partial charge in [-0.3, -0.25) is 0 Å². The molecular weight excluding hydrogens is 260 g/mol. The molecule has 3 rings (SSSR count). The molecule has 0 spiro atoms. The molecule has 0 aliphatic carbocycles. The number of nitriles is 1. The topological polar surface area (TPSA) is 49.0 Å². The maximum absolute atomic E-state index is 8.91. The molecule has 0 bridgehead atoms. The third-order valence-electron chi connectivity index (χ3n) is 3.54. The zero-order valence-electron chi connectivity index (χ0n) is 11.8. The van der Waals surface area contributed by atoms with Crippen LogP contribution in [0.1, 0.15) is 29.9 Å². The van der Waals surface area contributed by atoms with Crippen LogP contribution in [-0.2, 0) is 6.54 Å². The Bertz CT molecular complexity index is 765. The van der Waals surface area contributed by atoms with Crippen molar-refractivity contribution in [1.29, 1.82) is 5.26 Å². The van der Waals surface area contributed by atoms with Gasteiger partial charge in [0, 0.05) is 11.9 Å². The first-order valence-corrected chi connectivity index (χ1v) is 6.97. The van der Waals surface area contributed by atoms with Crippen LogP contribution in [0.4, 0.5) is 0 Å². The molecule has 1 atom stereocenters. The minimum atomic E-state index is 0.114. The van der Waals surface area contributed by atoms with E-state index in [2.05, 4.69) is 24.4 Å². The van der Waals surface area contributed by atoms with E-state index in [1.165, 1.54) is 0 Å². The lowest BCUT2D eigenvalue weighted by atomic mass is 10.1. The molecule has 0 aliphatic rings. The van der Waals surface area contributed by atoms with E-state index in [1.54, 1.807) is 0 Å². The molecule has 1 aromatic heterocycles. The standard InChI is InChI=1S/C18H16N2O/c1-13(18-10-16-7-2-3-8-17(16)21-18)20-12-15-6-4-5-14(9-15)11-19/h2-10,13,20H,12H2,1H3/t13-/m0/s1. The van der Waals surface area contributed by atoms with Gasteiger partial charge in [-0.1, -0.05) is 30.3 Å². The molecule has 1 heterocycles. The number of rotatable bonds is 4. The second-order valence-corrected chi connectivity index (χ2v) is 5.10. The number of nitrogens with zero attached hydrogens (tertiary/aromatic N) is 1. The largest absolute Gasteiger partial charge is 0.459 e. The molecule has 2 aromatic carbocycles. The van der Waals surface area contributed by atoms with Crippen LogP contribution in [-0.4, -0.2) is 0 Å². The van der Waals surface area contributed by atoms with Gasteiger partial charge in [-0.05, 0) is 36.8 Å². The van der Waals surface area contributed by atoms with Crippen LogP contribution in [0.15, 0.2) is 59.0 Å². The van der Waals surface area contributed by atoms with Crippen molar-refractivity contribution in [3.05, 3.63) is 71.5 Å². The molecule has 0 unspecified atom stereocenters. The van der Waals surface area contributed by atoms with Crippen molar-refractivity contribution in [1.82, 2.24) is 5.32 Å². The van der Waals surface area contributed by atoms with E-state index in [-0.39, 0.29) is 6.04 Å².